The fraction of sp³-hybridized carbons (Fsp3) is 0.217. The number of hydrogen-bond donors (Lipinski definition) is 1. The van der Waals surface area contributed by atoms with Crippen LogP contribution in [0.1, 0.15) is 25.8 Å². The van der Waals surface area contributed by atoms with E-state index >= 15 is 0 Å². The molecule has 0 aliphatic carbocycles. The molecular formula is C23H24O4S. The summed E-state index contributed by atoms with van der Waals surface area (Å²) in [6.45, 7) is 4.30. The summed E-state index contributed by atoms with van der Waals surface area (Å²) in [5, 5.41) is 0. The molecule has 5 heteroatoms. The zero-order chi connectivity index (χ0) is 20.1. The molecule has 0 spiro atoms. The van der Waals surface area contributed by atoms with E-state index in [-0.39, 0.29) is 4.90 Å². The van der Waals surface area contributed by atoms with Crippen LogP contribution in [0.4, 0.5) is 0 Å². The molecule has 3 rings (SSSR count). The fourth-order valence-corrected chi connectivity index (χ4v) is 3.68. The second-order valence-electron chi connectivity index (χ2n) is 7.18. The summed E-state index contributed by atoms with van der Waals surface area (Å²) in [4.78, 5) is -0.0994. The largest absolute Gasteiger partial charge is 0.457 e. The van der Waals surface area contributed by atoms with E-state index in [1.807, 2.05) is 54.6 Å². The maximum absolute atomic E-state index is 11.9. The molecule has 0 unspecified atom stereocenters. The lowest BCUT2D eigenvalue weighted by Crippen LogP contribution is -2.02. The van der Waals surface area contributed by atoms with Gasteiger partial charge in [0.25, 0.3) is 10.1 Å². The molecule has 3 aromatic carbocycles. The maximum Gasteiger partial charge on any atom is 0.295 e. The lowest BCUT2D eigenvalue weighted by atomic mass is 9.98. The summed E-state index contributed by atoms with van der Waals surface area (Å²) in [5.41, 5.74) is 2.18. The maximum atomic E-state index is 11.9. The Bertz CT molecular complexity index is 1040. The summed E-state index contributed by atoms with van der Waals surface area (Å²) in [5.74, 6) is 1.84. The molecule has 0 amide bonds. The molecule has 0 saturated heterocycles. The number of ether oxygens (including phenoxy) is 1. The Morgan fingerprint density at radius 1 is 0.893 bits per heavy atom. The number of para-hydroxylation sites is 1. The van der Waals surface area contributed by atoms with Crippen LogP contribution in [0.3, 0.4) is 0 Å². The molecule has 146 valence electrons. The van der Waals surface area contributed by atoms with Gasteiger partial charge in [0.05, 0.1) is 0 Å². The smallest absolute Gasteiger partial charge is 0.295 e. The van der Waals surface area contributed by atoms with E-state index in [1.165, 1.54) is 6.07 Å². The Hall–Kier alpha value is -2.63. The van der Waals surface area contributed by atoms with Crippen molar-refractivity contribution in [1.29, 1.82) is 0 Å². The molecule has 3 aromatic rings. The van der Waals surface area contributed by atoms with Crippen LogP contribution in [0.5, 0.6) is 11.5 Å². The first kappa shape index (κ1) is 20.1. The highest BCUT2D eigenvalue weighted by Gasteiger charge is 2.18. The minimum Gasteiger partial charge on any atom is -0.457 e. The molecule has 4 nitrogen and oxygen atoms in total. The Balaban J connectivity index is 2.00. The van der Waals surface area contributed by atoms with E-state index in [1.54, 1.807) is 12.1 Å². The molecule has 0 saturated carbocycles. The average Bonchev–Trinajstić information content (AvgIpc) is 2.66. The molecule has 0 aliphatic heterocycles. The van der Waals surface area contributed by atoms with Crippen LogP contribution in [0.15, 0.2) is 77.7 Å². The number of hydrogen-bond acceptors (Lipinski definition) is 3. The monoisotopic (exact) mass is 396 g/mol. The molecule has 1 N–H and O–H groups in total. The highest BCUT2D eigenvalue weighted by Crippen LogP contribution is 2.32. The van der Waals surface area contributed by atoms with Crippen LogP contribution in [-0.4, -0.2) is 13.0 Å². The van der Waals surface area contributed by atoms with Gasteiger partial charge in [-0.05, 0) is 66.3 Å². The second-order valence-corrected chi connectivity index (χ2v) is 8.57. The first-order valence-corrected chi connectivity index (χ1v) is 10.7. The summed E-state index contributed by atoms with van der Waals surface area (Å²) >= 11 is 0. The van der Waals surface area contributed by atoms with Gasteiger partial charge in [-0.2, -0.15) is 8.42 Å². The van der Waals surface area contributed by atoms with E-state index in [2.05, 4.69) is 13.8 Å². The minimum atomic E-state index is -4.34. The third-order valence-corrected chi connectivity index (χ3v) is 5.37. The predicted molar refractivity (Wildman–Crippen MR) is 111 cm³/mol. The normalized spacial score (nSPS) is 11.6. The van der Waals surface area contributed by atoms with Gasteiger partial charge in [-0.15, -0.1) is 0 Å². The highest BCUT2D eigenvalue weighted by molar-refractivity contribution is 7.86. The number of rotatable bonds is 7. The van der Waals surface area contributed by atoms with Crippen molar-refractivity contribution in [3.05, 3.63) is 78.4 Å². The molecule has 0 heterocycles. The van der Waals surface area contributed by atoms with E-state index in [4.69, 9.17) is 4.74 Å². The van der Waals surface area contributed by atoms with Crippen molar-refractivity contribution in [2.24, 2.45) is 5.92 Å². The lowest BCUT2D eigenvalue weighted by Gasteiger charge is -2.13. The van der Waals surface area contributed by atoms with Gasteiger partial charge in [-0.25, -0.2) is 0 Å². The highest BCUT2D eigenvalue weighted by atomic mass is 32.2. The van der Waals surface area contributed by atoms with Crippen LogP contribution in [0.25, 0.3) is 11.1 Å². The Labute approximate surface area is 166 Å². The van der Waals surface area contributed by atoms with Gasteiger partial charge in [0, 0.05) is 5.56 Å². The van der Waals surface area contributed by atoms with E-state index in [0.717, 1.165) is 18.4 Å². The van der Waals surface area contributed by atoms with Crippen LogP contribution in [-0.2, 0) is 16.5 Å². The molecule has 28 heavy (non-hydrogen) atoms. The van der Waals surface area contributed by atoms with Crippen LogP contribution < -0.4 is 4.74 Å². The summed E-state index contributed by atoms with van der Waals surface area (Å²) in [7, 11) is -4.34. The van der Waals surface area contributed by atoms with Gasteiger partial charge in [0.15, 0.2) is 0 Å². The standard InChI is InChI=1S/C23H24O4S/c1-17(2)11-12-18-13-14-23(28(24,25)26)22(15-18)19-7-6-10-21(16-19)27-20-8-4-3-5-9-20/h3-10,13-17H,11-12H2,1-2H3,(H,24,25,26). The van der Waals surface area contributed by atoms with Gasteiger partial charge in [-0.3, -0.25) is 4.55 Å². The first-order chi connectivity index (χ1) is 13.3. The second kappa shape index (κ2) is 8.59. The van der Waals surface area contributed by atoms with Crippen molar-refractivity contribution in [2.75, 3.05) is 0 Å². The van der Waals surface area contributed by atoms with Crippen molar-refractivity contribution in [2.45, 2.75) is 31.6 Å². The fourth-order valence-electron chi connectivity index (χ4n) is 2.99. The van der Waals surface area contributed by atoms with Crippen LogP contribution in [0, 0.1) is 5.92 Å². The molecule has 0 radical (unpaired) electrons. The topological polar surface area (TPSA) is 63.6 Å². The van der Waals surface area contributed by atoms with Gasteiger partial charge in [0.1, 0.15) is 16.4 Å². The Kier molecular flexibility index (Phi) is 6.17. The zero-order valence-electron chi connectivity index (χ0n) is 16.0. The third-order valence-electron chi connectivity index (χ3n) is 4.46. The molecule has 0 bridgehead atoms. The summed E-state index contributed by atoms with van der Waals surface area (Å²) in [6.07, 6.45) is 1.85. The van der Waals surface area contributed by atoms with E-state index < -0.39 is 10.1 Å². The average molecular weight is 397 g/mol. The van der Waals surface area contributed by atoms with Crippen LogP contribution in [0.2, 0.25) is 0 Å². The molecular weight excluding hydrogens is 372 g/mol. The van der Waals surface area contributed by atoms with Crippen molar-refractivity contribution >= 4 is 10.1 Å². The van der Waals surface area contributed by atoms with E-state index in [9.17, 15) is 13.0 Å². The van der Waals surface area contributed by atoms with Crippen molar-refractivity contribution < 1.29 is 17.7 Å². The summed E-state index contributed by atoms with van der Waals surface area (Å²) < 4.78 is 39.4. The third kappa shape index (κ3) is 5.21. The SMILES string of the molecule is CC(C)CCc1ccc(S(=O)(=O)O)c(-c2cccc(Oc3ccccc3)c2)c1. The van der Waals surface area contributed by atoms with Gasteiger partial charge in [0.2, 0.25) is 0 Å². The predicted octanol–water partition coefficient (Wildman–Crippen LogP) is 5.98. The molecule has 0 atom stereocenters. The molecule has 0 aromatic heterocycles. The van der Waals surface area contributed by atoms with Crippen molar-refractivity contribution in [3.63, 3.8) is 0 Å². The van der Waals surface area contributed by atoms with Gasteiger partial charge in [-0.1, -0.05) is 50.2 Å². The molecule has 0 fully saturated rings. The Morgan fingerprint density at radius 2 is 1.61 bits per heavy atom. The first-order valence-electron chi connectivity index (χ1n) is 9.26. The zero-order valence-corrected chi connectivity index (χ0v) is 16.8. The molecule has 0 aliphatic rings. The quantitative estimate of drug-likeness (QED) is 0.499. The minimum absolute atomic E-state index is 0.0994. The summed E-state index contributed by atoms with van der Waals surface area (Å²) in [6, 6.07) is 21.7. The lowest BCUT2D eigenvalue weighted by molar-refractivity contribution is 0.481. The van der Waals surface area contributed by atoms with E-state index in [0.29, 0.717) is 28.5 Å². The number of aryl methyl sites for hydroxylation is 1. The van der Waals surface area contributed by atoms with Gasteiger partial charge >= 0.3 is 0 Å². The van der Waals surface area contributed by atoms with Crippen LogP contribution >= 0.6 is 0 Å². The Morgan fingerprint density at radius 3 is 2.29 bits per heavy atom. The van der Waals surface area contributed by atoms with Crippen molar-refractivity contribution in [1.82, 2.24) is 0 Å². The van der Waals surface area contributed by atoms with Crippen molar-refractivity contribution in [3.8, 4) is 22.6 Å². The van der Waals surface area contributed by atoms with Gasteiger partial charge < -0.3 is 4.74 Å². The number of benzene rings is 3.